The van der Waals surface area contributed by atoms with E-state index in [4.69, 9.17) is 9.47 Å². The van der Waals surface area contributed by atoms with Crippen molar-refractivity contribution in [2.45, 2.75) is 196 Å². The van der Waals surface area contributed by atoms with E-state index in [-0.39, 0.29) is 17.9 Å². The van der Waals surface area contributed by atoms with Crippen LogP contribution in [0.2, 0.25) is 0 Å². The first-order valence-electron chi connectivity index (χ1n) is 18.6. The molecule has 0 aromatic heterocycles. The average molecular weight is 595 g/mol. The molecule has 0 aliphatic heterocycles. The molecule has 0 amide bonds. The van der Waals surface area contributed by atoms with E-state index in [2.05, 4.69) is 41.5 Å². The van der Waals surface area contributed by atoms with Gasteiger partial charge in [0.25, 0.3) is 0 Å². The van der Waals surface area contributed by atoms with Crippen LogP contribution in [0.4, 0.5) is 0 Å². The summed E-state index contributed by atoms with van der Waals surface area (Å²) < 4.78 is 11.0. The van der Waals surface area contributed by atoms with E-state index in [1.165, 1.54) is 103 Å². The molecule has 1 unspecified atom stereocenters. The minimum absolute atomic E-state index is 0.00288. The highest BCUT2D eigenvalue weighted by Crippen LogP contribution is 2.22. The van der Waals surface area contributed by atoms with E-state index < -0.39 is 0 Å². The lowest BCUT2D eigenvalue weighted by atomic mass is 9.90. The number of carbonyl (C=O) groups is 2. The second-order valence-corrected chi connectivity index (χ2v) is 14.2. The van der Waals surface area contributed by atoms with Gasteiger partial charge >= 0.3 is 11.9 Å². The van der Waals surface area contributed by atoms with Crippen LogP contribution < -0.4 is 0 Å². The monoisotopic (exact) mass is 595 g/mol. The molecule has 0 N–H and O–H groups in total. The van der Waals surface area contributed by atoms with Crippen molar-refractivity contribution in [1.82, 2.24) is 0 Å². The summed E-state index contributed by atoms with van der Waals surface area (Å²) in [4.78, 5) is 24.4. The van der Waals surface area contributed by atoms with Gasteiger partial charge in [-0.3, -0.25) is 9.59 Å². The van der Waals surface area contributed by atoms with Crippen LogP contribution in [-0.2, 0) is 19.1 Å². The molecule has 1 atom stereocenters. The van der Waals surface area contributed by atoms with Gasteiger partial charge in [0, 0.05) is 6.42 Å². The molecule has 0 rings (SSSR count). The van der Waals surface area contributed by atoms with E-state index in [1.807, 2.05) is 0 Å². The standard InChI is InChI=1S/C38H74O4/c1-33(2)27-21-19-25-31-41-37(39)30-24-18-16-14-12-10-8-7-9-11-13-15-17-23-29-36(35(5)6)38(40)42-32-26-20-22-28-34(3)4/h33-36H,7-32H2,1-6H3. The smallest absolute Gasteiger partial charge is 0.309 e. The number of carbonyl (C=O) groups excluding carboxylic acids is 2. The lowest BCUT2D eigenvalue weighted by Crippen LogP contribution is -2.23. The van der Waals surface area contributed by atoms with Crippen molar-refractivity contribution in [1.29, 1.82) is 0 Å². The van der Waals surface area contributed by atoms with Gasteiger partial charge in [-0.25, -0.2) is 0 Å². The second-order valence-electron chi connectivity index (χ2n) is 14.2. The molecule has 4 heteroatoms. The summed E-state index contributed by atoms with van der Waals surface area (Å²) in [6.07, 6.45) is 28.7. The fourth-order valence-corrected chi connectivity index (χ4v) is 5.68. The van der Waals surface area contributed by atoms with Gasteiger partial charge in [-0.15, -0.1) is 0 Å². The van der Waals surface area contributed by atoms with Crippen LogP contribution in [0.25, 0.3) is 0 Å². The number of esters is 2. The number of rotatable bonds is 31. The first-order chi connectivity index (χ1) is 20.2. The molecule has 0 heterocycles. The number of hydrogen-bond acceptors (Lipinski definition) is 4. The van der Waals surface area contributed by atoms with E-state index in [0.717, 1.165) is 56.8 Å². The Morgan fingerprint density at radius 2 is 0.786 bits per heavy atom. The lowest BCUT2D eigenvalue weighted by molar-refractivity contribution is -0.150. The van der Waals surface area contributed by atoms with Gasteiger partial charge < -0.3 is 9.47 Å². The van der Waals surface area contributed by atoms with Crippen molar-refractivity contribution in [3.63, 3.8) is 0 Å². The third-order valence-corrected chi connectivity index (χ3v) is 8.61. The predicted molar refractivity (Wildman–Crippen MR) is 181 cm³/mol. The maximum atomic E-state index is 12.6. The fourth-order valence-electron chi connectivity index (χ4n) is 5.68. The summed E-state index contributed by atoms with van der Waals surface area (Å²) in [5.41, 5.74) is 0. The zero-order valence-corrected chi connectivity index (χ0v) is 29.3. The van der Waals surface area contributed by atoms with Gasteiger partial charge in [0.05, 0.1) is 19.1 Å². The van der Waals surface area contributed by atoms with Gasteiger partial charge in [-0.2, -0.15) is 0 Å². The summed E-state index contributed by atoms with van der Waals surface area (Å²) in [5, 5.41) is 0. The molecule has 0 saturated heterocycles. The molecule has 0 saturated carbocycles. The zero-order chi connectivity index (χ0) is 31.3. The molecular formula is C38H74O4. The summed E-state index contributed by atoms with van der Waals surface area (Å²) in [5.74, 6) is 1.99. The molecule has 0 aliphatic carbocycles. The molecule has 0 aromatic rings. The van der Waals surface area contributed by atoms with Crippen LogP contribution in [0.3, 0.4) is 0 Å². The predicted octanol–water partition coefficient (Wildman–Crippen LogP) is 12.0. The van der Waals surface area contributed by atoms with Crippen molar-refractivity contribution < 1.29 is 19.1 Å². The Bertz CT molecular complexity index is 598. The van der Waals surface area contributed by atoms with E-state index in [0.29, 0.717) is 25.6 Å². The Morgan fingerprint density at radius 3 is 1.21 bits per heavy atom. The summed E-state index contributed by atoms with van der Waals surface area (Å²) in [7, 11) is 0. The zero-order valence-electron chi connectivity index (χ0n) is 29.3. The van der Waals surface area contributed by atoms with Gasteiger partial charge in [0.15, 0.2) is 0 Å². The molecule has 0 bridgehead atoms. The van der Waals surface area contributed by atoms with E-state index >= 15 is 0 Å². The first kappa shape index (κ1) is 40.9. The third-order valence-electron chi connectivity index (χ3n) is 8.61. The van der Waals surface area contributed by atoms with Gasteiger partial charge in [0.1, 0.15) is 0 Å². The molecule has 42 heavy (non-hydrogen) atoms. The number of unbranched alkanes of at least 4 members (excludes halogenated alkanes) is 17. The Kier molecular flexibility index (Phi) is 29.2. The van der Waals surface area contributed by atoms with Crippen LogP contribution in [0.5, 0.6) is 0 Å². The number of ether oxygens (including phenoxy) is 2. The molecule has 0 radical (unpaired) electrons. The summed E-state index contributed by atoms with van der Waals surface area (Å²) in [6, 6.07) is 0. The SMILES string of the molecule is CC(C)CCCCCOC(=O)CCCCCCCCCCCCCCCCC(C(=O)OCCCCCC(C)C)C(C)C. The van der Waals surface area contributed by atoms with Crippen LogP contribution in [0, 0.1) is 23.7 Å². The Hall–Kier alpha value is -1.06. The Morgan fingerprint density at radius 1 is 0.429 bits per heavy atom. The number of hydrogen-bond donors (Lipinski definition) is 0. The fraction of sp³-hybridized carbons (Fsp3) is 0.947. The molecule has 0 aliphatic rings. The van der Waals surface area contributed by atoms with E-state index in [9.17, 15) is 9.59 Å². The maximum absolute atomic E-state index is 12.6. The third kappa shape index (κ3) is 29.0. The van der Waals surface area contributed by atoms with Crippen molar-refractivity contribution in [3.8, 4) is 0 Å². The second kappa shape index (κ2) is 30.0. The maximum Gasteiger partial charge on any atom is 0.309 e. The van der Waals surface area contributed by atoms with E-state index in [1.54, 1.807) is 0 Å². The topological polar surface area (TPSA) is 52.6 Å². The quantitative estimate of drug-likeness (QED) is 0.0591. The van der Waals surface area contributed by atoms with Crippen molar-refractivity contribution >= 4 is 11.9 Å². The highest BCUT2D eigenvalue weighted by Gasteiger charge is 2.23. The lowest BCUT2D eigenvalue weighted by Gasteiger charge is -2.19. The molecule has 4 nitrogen and oxygen atoms in total. The Balaban J connectivity index is 3.47. The van der Waals surface area contributed by atoms with Gasteiger partial charge in [0.2, 0.25) is 0 Å². The van der Waals surface area contributed by atoms with Crippen LogP contribution in [0.15, 0.2) is 0 Å². The van der Waals surface area contributed by atoms with Crippen molar-refractivity contribution in [2.24, 2.45) is 23.7 Å². The summed E-state index contributed by atoms with van der Waals surface area (Å²) in [6.45, 7) is 14.6. The highest BCUT2D eigenvalue weighted by atomic mass is 16.5. The molecule has 0 fully saturated rings. The average Bonchev–Trinajstić information content (AvgIpc) is 2.93. The Labute approximate surface area is 263 Å². The minimum Gasteiger partial charge on any atom is -0.466 e. The highest BCUT2D eigenvalue weighted by molar-refractivity contribution is 5.72. The molecule has 0 aromatic carbocycles. The van der Waals surface area contributed by atoms with Crippen LogP contribution in [0.1, 0.15) is 196 Å². The largest absolute Gasteiger partial charge is 0.466 e. The molecule has 250 valence electrons. The minimum atomic E-state index is -0.00288. The molecular weight excluding hydrogens is 520 g/mol. The van der Waals surface area contributed by atoms with Crippen LogP contribution >= 0.6 is 0 Å². The van der Waals surface area contributed by atoms with Crippen molar-refractivity contribution in [2.75, 3.05) is 13.2 Å². The van der Waals surface area contributed by atoms with Crippen LogP contribution in [-0.4, -0.2) is 25.2 Å². The van der Waals surface area contributed by atoms with Crippen molar-refractivity contribution in [3.05, 3.63) is 0 Å². The normalized spacial score (nSPS) is 12.4. The first-order valence-corrected chi connectivity index (χ1v) is 18.6. The van der Waals surface area contributed by atoms with Gasteiger partial charge in [-0.1, -0.05) is 164 Å². The molecule has 0 spiro atoms. The van der Waals surface area contributed by atoms with Gasteiger partial charge in [-0.05, 0) is 43.4 Å². The summed E-state index contributed by atoms with van der Waals surface area (Å²) >= 11 is 0.